The summed E-state index contributed by atoms with van der Waals surface area (Å²) in [6, 6.07) is 8.00. The van der Waals surface area contributed by atoms with Crippen LogP contribution in [-0.4, -0.2) is 50.6 Å². The molecule has 0 saturated heterocycles. The van der Waals surface area contributed by atoms with Crippen molar-refractivity contribution in [3.8, 4) is 5.75 Å². The molecule has 0 aliphatic heterocycles. The van der Waals surface area contributed by atoms with Crippen molar-refractivity contribution in [2.24, 2.45) is 10.4 Å². The van der Waals surface area contributed by atoms with Gasteiger partial charge in [-0.1, -0.05) is 25.0 Å². The highest BCUT2D eigenvalue weighted by molar-refractivity contribution is 5.85. The normalized spacial score (nSPS) is 16.1. The van der Waals surface area contributed by atoms with E-state index in [1.54, 1.807) is 4.90 Å². The largest absolute Gasteiger partial charge is 0.494 e. The Bertz CT molecular complexity index is 637. The van der Waals surface area contributed by atoms with Crippen LogP contribution in [-0.2, 0) is 11.3 Å². The second-order valence-electron chi connectivity index (χ2n) is 7.32. The van der Waals surface area contributed by atoms with Gasteiger partial charge in [0.2, 0.25) is 5.91 Å². The van der Waals surface area contributed by atoms with Crippen LogP contribution < -0.4 is 15.4 Å². The molecule has 0 atom stereocenters. The lowest BCUT2D eigenvalue weighted by molar-refractivity contribution is -0.138. The third kappa shape index (κ3) is 5.88. The lowest BCUT2D eigenvalue weighted by Gasteiger charge is -2.31. The Hall–Kier alpha value is -2.24. The molecule has 1 fully saturated rings. The maximum Gasteiger partial charge on any atom is 0.230 e. The number of rotatable bonds is 8. The SMILES string of the molecule is CCNC(=NCc1cccc(OCC)c1)NCC1(C(=O)N(C)C)CCCC1. The summed E-state index contributed by atoms with van der Waals surface area (Å²) in [7, 11) is 3.68. The van der Waals surface area contributed by atoms with Crippen LogP contribution in [0.5, 0.6) is 5.75 Å². The molecule has 2 rings (SSSR count). The zero-order valence-electron chi connectivity index (χ0n) is 17.2. The van der Waals surface area contributed by atoms with E-state index in [2.05, 4.69) is 10.6 Å². The Balaban J connectivity index is 2.04. The van der Waals surface area contributed by atoms with Gasteiger partial charge in [0.05, 0.1) is 18.6 Å². The first kappa shape index (κ1) is 21.1. The second-order valence-corrected chi connectivity index (χ2v) is 7.32. The van der Waals surface area contributed by atoms with Crippen molar-refractivity contribution in [2.45, 2.75) is 46.1 Å². The first-order valence-electron chi connectivity index (χ1n) is 9.96. The standard InChI is InChI=1S/C21H34N4O2/c1-5-22-20(23-15-17-10-9-11-18(14-17)27-6-2)24-16-21(12-7-8-13-21)19(26)25(3)4/h9-11,14H,5-8,12-13,15-16H2,1-4H3,(H2,22,23,24). The summed E-state index contributed by atoms with van der Waals surface area (Å²) >= 11 is 0. The lowest BCUT2D eigenvalue weighted by atomic mass is 9.84. The number of hydrogen-bond acceptors (Lipinski definition) is 3. The second kappa shape index (κ2) is 10.2. The number of hydrogen-bond donors (Lipinski definition) is 2. The third-order valence-electron chi connectivity index (χ3n) is 4.99. The van der Waals surface area contributed by atoms with Gasteiger partial charge in [0.25, 0.3) is 0 Å². The maximum atomic E-state index is 12.7. The van der Waals surface area contributed by atoms with Gasteiger partial charge in [-0.2, -0.15) is 0 Å². The fourth-order valence-electron chi connectivity index (χ4n) is 3.66. The summed E-state index contributed by atoms with van der Waals surface area (Å²) in [6.07, 6.45) is 4.10. The lowest BCUT2D eigenvalue weighted by Crippen LogP contribution is -2.49. The number of amides is 1. The number of carbonyl (C=O) groups excluding carboxylic acids is 1. The zero-order chi connectivity index (χ0) is 19.7. The van der Waals surface area contributed by atoms with E-state index in [4.69, 9.17) is 9.73 Å². The predicted octanol–water partition coefficient (Wildman–Crippen LogP) is 2.79. The van der Waals surface area contributed by atoms with Crippen molar-refractivity contribution in [2.75, 3.05) is 33.8 Å². The van der Waals surface area contributed by atoms with Gasteiger partial charge in [-0.25, -0.2) is 4.99 Å². The van der Waals surface area contributed by atoms with E-state index in [-0.39, 0.29) is 11.3 Å². The molecule has 1 amide bonds. The molecule has 0 aromatic heterocycles. The number of guanidine groups is 1. The molecule has 0 radical (unpaired) electrons. The van der Waals surface area contributed by atoms with E-state index in [0.29, 0.717) is 19.7 Å². The van der Waals surface area contributed by atoms with Crippen molar-refractivity contribution in [3.63, 3.8) is 0 Å². The van der Waals surface area contributed by atoms with Gasteiger partial charge in [-0.05, 0) is 44.4 Å². The van der Waals surface area contributed by atoms with Gasteiger partial charge in [0, 0.05) is 27.2 Å². The van der Waals surface area contributed by atoms with Gasteiger partial charge >= 0.3 is 0 Å². The molecule has 1 aromatic carbocycles. The summed E-state index contributed by atoms with van der Waals surface area (Å²) < 4.78 is 5.56. The molecule has 0 unspecified atom stereocenters. The van der Waals surface area contributed by atoms with Gasteiger partial charge in [-0.15, -0.1) is 0 Å². The Kier molecular flexibility index (Phi) is 7.95. The van der Waals surface area contributed by atoms with Crippen molar-refractivity contribution in [3.05, 3.63) is 29.8 Å². The molecule has 2 N–H and O–H groups in total. The van der Waals surface area contributed by atoms with Crippen molar-refractivity contribution in [1.82, 2.24) is 15.5 Å². The van der Waals surface area contributed by atoms with E-state index in [0.717, 1.165) is 49.5 Å². The molecule has 0 spiro atoms. The molecule has 0 bridgehead atoms. The smallest absolute Gasteiger partial charge is 0.230 e. The monoisotopic (exact) mass is 374 g/mol. The Morgan fingerprint density at radius 2 is 1.96 bits per heavy atom. The maximum absolute atomic E-state index is 12.7. The average molecular weight is 375 g/mol. The summed E-state index contributed by atoms with van der Waals surface area (Å²) in [5.74, 6) is 1.83. The molecular formula is C21H34N4O2. The van der Waals surface area contributed by atoms with Crippen LogP contribution in [0.4, 0.5) is 0 Å². The first-order chi connectivity index (χ1) is 13.0. The number of nitrogens with zero attached hydrogens (tertiary/aromatic N) is 2. The van der Waals surface area contributed by atoms with Gasteiger partial charge in [-0.3, -0.25) is 4.79 Å². The number of carbonyl (C=O) groups is 1. The number of aliphatic imine (C=N–C) groups is 1. The van der Waals surface area contributed by atoms with Crippen molar-refractivity contribution in [1.29, 1.82) is 0 Å². The molecule has 6 heteroatoms. The summed E-state index contributed by atoms with van der Waals surface area (Å²) in [4.78, 5) is 19.1. The summed E-state index contributed by atoms with van der Waals surface area (Å²) in [5, 5.41) is 6.69. The Labute approximate surface area is 163 Å². The Morgan fingerprint density at radius 1 is 1.22 bits per heavy atom. The van der Waals surface area contributed by atoms with Crippen LogP contribution in [0.2, 0.25) is 0 Å². The quantitative estimate of drug-likeness (QED) is 0.542. The fraction of sp³-hybridized carbons (Fsp3) is 0.619. The highest BCUT2D eigenvalue weighted by Crippen LogP contribution is 2.38. The number of benzene rings is 1. The van der Waals surface area contributed by atoms with E-state index in [1.165, 1.54) is 0 Å². The van der Waals surface area contributed by atoms with Crippen LogP contribution in [0, 0.1) is 5.41 Å². The molecule has 6 nitrogen and oxygen atoms in total. The van der Waals surface area contributed by atoms with E-state index in [9.17, 15) is 4.79 Å². The highest BCUT2D eigenvalue weighted by atomic mass is 16.5. The summed E-state index contributed by atoms with van der Waals surface area (Å²) in [5.41, 5.74) is 0.785. The molecule has 1 aromatic rings. The molecule has 0 heterocycles. The highest BCUT2D eigenvalue weighted by Gasteiger charge is 2.42. The molecule has 27 heavy (non-hydrogen) atoms. The van der Waals surface area contributed by atoms with Crippen LogP contribution in [0.3, 0.4) is 0 Å². The number of nitrogens with one attached hydrogen (secondary N) is 2. The van der Waals surface area contributed by atoms with E-state index >= 15 is 0 Å². The Morgan fingerprint density at radius 3 is 2.59 bits per heavy atom. The predicted molar refractivity (Wildman–Crippen MR) is 110 cm³/mol. The molecule has 1 aliphatic carbocycles. The molecule has 150 valence electrons. The van der Waals surface area contributed by atoms with Crippen molar-refractivity contribution < 1.29 is 9.53 Å². The minimum Gasteiger partial charge on any atom is -0.494 e. The van der Waals surface area contributed by atoms with Crippen LogP contribution >= 0.6 is 0 Å². The average Bonchev–Trinajstić information content (AvgIpc) is 3.14. The van der Waals surface area contributed by atoms with Crippen LogP contribution in [0.25, 0.3) is 0 Å². The first-order valence-corrected chi connectivity index (χ1v) is 9.96. The van der Waals surface area contributed by atoms with Crippen molar-refractivity contribution >= 4 is 11.9 Å². The minimum absolute atomic E-state index is 0.216. The van der Waals surface area contributed by atoms with Crippen LogP contribution in [0.15, 0.2) is 29.3 Å². The molecule has 1 saturated carbocycles. The third-order valence-corrected chi connectivity index (χ3v) is 4.99. The van der Waals surface area contributed by atoms with E-state index in [1.807, 2.05) is 52.2 Å². The van der Waals surface area contributed by atoms with E-state index < -0.39 is 0 Å². The minimum atomic E-state index is -0.311. The van der Waals surface area contributed by atoms with Gasteiger partial charge in [0.1, 0.15) is 5.75 Å². The van der Waals surface area contributed by atoms with Gasteiger partial charge in [0.15, 0.2) is 5.96 Å². The summed E-state index contributed by atoms with van der Waals surface area (Å²) in [6.45, 7) is 6.63. The molecular weight excluding hydrogens is 340 g/mol. The number of ether oxygens (including phenoxy) is 1. The fourth-order valence-corrected chi connectivity index (χ4v) is 3.66. The molecule has 1 aliphatic rings. The van der Waals surface area contributed by atoms with Gasteiger partial charge < -0.3 is 20.3 Å². The zero-order valence-corrected chi connectivity index (χ0v) is 17.2. The van der Waals surface area contributed by atoms with Crippen LogP contribution in [0.1, 0.15) is 45.1 Å². The topological polar surface area (TPSA) is 66.0 Å².